The van der Waals surface area contributed by atoms with E-state index in [2.05, 4.69) is 10.4 Å². The van der Waals surface area contributed by atoms with Crippen LogP contribution >= 0.6 is 0 Å². The van der Waals surface area contributed by atoms with Gasteiger partial charge in [0.2, 0.25) is 0 Å². The van der Waals surface area contributed by atoms with E-state index in [1.54, 1.807) is 0 Å². The molecule has 1 amide bonds. The van der Waals surface area contributed by atoms with Crippen molar-refractivity contribution in [2.24, 2.45) is 0 Å². The van der Waals surface area contributed by atoms with Gasteiger partial charge in [0.15, 0.2) is 0 Å². The van der Waals surface area contributed by atoms with E-state index in [0.717, 1.165) is 22.4 Å². The third kappa shape index (κ3) is 4.00. The minimum Gasteiger partial charge on any atom is -0.346 e. The molecule has 3 aromatic rings. The molecule has 0 aliphatic rings. The molecule has 1 N–H and O–H groups in total. The quantitative estimate of drug-likeness (QED) is 0.765. The molecule has 0 fully saturated rings. The fourth-order valence-corrected chi connectivity index (χ4v) is 2.40. The first-order valence-corrected chi connectivity index (χ1v) is 7.88. The van der Waals surface area contributed by atoms with Crippen molar-refractivity contribution in [2.45, 2.75) is 13.1 Å². The highest BCUT2D eigenvalue weighted by Gasteiger charge is 2.13. The molecular weight excluding hydrogens is 340 g/mol. The van der Waals surface area contributed by atoms with Crippen molar-refractivity contribution in [2.75, 3.05) is 0 Å². The van der Waals surface area contributed by atoms with Crippen molar-refractivity contribution in [1.29, 1.82) is 0 Å². The maximum Gasteiger partial charge on any atom is 0.271 e. The van der Waals surface area contributed by atoms with Gasteiger partial charge in [-0.25, -0.2) is 13.5 Å². The number of hydrogen-bond acceptors (Lipinski definition) is 3. The predicted molar refractivity (Wildman–Crippen MR) is 91.6 cm³/mol. The molecule has 0 bridgehead atoms. The summed E-state index contributed by atoms with van der Waals surface area (Å²) in [6.45, 7) is -0.112. The fraction of sp³-hybridized carbons (Fsp3) is 0.105. The average molecular weight is 355 g/mol. The molecule has 3 rings (SSSR count). The van der Waals surface area contributed by atoms with Gasteiger partial charge in [-0.15, -0.1) is 0 Å². The third-order valence-electron chi connectivity index (χ3n) is 3.76. The highest BCUT2D eigenvalue weighted by Crippen LogP contribution is 2.11. The average Bonchev–Trinajstić information content (AvgIpc) is 2.64. The molecule has 7 heteroatoms. The monoisotopic (exact) mass is 355 g/mol. The Balaban J connectivity index is 1.75. The number of halogens is 2. The summed E-state index contributed by atoms with van der Waals surface area (Å²) < 4.78 is 28.4. The lowest BCUT2D eigenvalue weighted by molar-refractivity contribution is 0.0942. The molecule has 26 heavy (non-hydrogen) atoms. The molecule has 2 aromatic carbocycles. The van der Waals surface area contributed by atoms with Crippen LogP contribution in [0.3, 0.4) is 0 Å². The minimum absolute atomic E-state index is 0.0164. The van der Waals surface area contributed by atoms with Crippen LogP contribution < -0.4 is 10.9 Å². The Morgan fingerprint density at radius 1 is 0.962 bits per heavy atom. The Morgan fingerprint density at radius 2 is 1.65 bits per heavy atom. The van der Waals surface area contributed by atoms with Gasteiger partial charge in [-0.1, -0.05) is 36.4 Å². The zero-order chi connectivity index (χ0) is 18.5. The molecule has 1 heterocycles. The van der Waals surface area contributed by atoms with E-state index in [4.69, 9.17) is 0 Å². The number of hydrogen-bond donors (Lipinski definition) is 1. The number of nitrogens with one attached hydrogen (secondary N) is 1. The van der Waals surface area contributed by atoms with Crippen molar-refractivity contribution in [3.05, 3.63) is 99.5 Å². The molecule has 0 aliphatic carbocycles. The van der Waals surface area contributed by atoms with Gasteiger partial charge in [0, 0.05) is 18.2 Å². The van der Waals surface area contributed by atoms with E-state index < -0.39 is 17.5 Å². The lowest BCUT2D eigenvalue weighted by Gasteiger charge is -2.09. The topological polar surface area (TPSA) is 64.0 Å². The van der Waals surface area contributed by atoms with E-state index in [1.165, 1.54) is 18.2 Å². The van der Waals surface area contributed by atoms with Crippen molar-refractivity contribution >= 4 is 5.91 Å². The van der Waals surface area contributed by atoms with Crippen LogP contribution in [-0.2, 0) is 13.1 Å². The fourth-order valence-electron chi connectivity index (χ4n) is 2.40. The Labute approximate surface area is 147 Å². The van der Waals surface area contributed by atoms with Crippen LogP contribution in [-0.4, -0.2) is 15.7 Å². The molecule has 5 nitrogen and oxygen atoms in total. The standard InChI is InChI=1S/C19H15F2N3O2/c20-15-7-4-8-16(21)14(15)11-22-19(26)17-9-10-18(25)24(23-17)12-13-5-2-1-3-6-13/h1-10H,11-12H2,(H,22,26). The maximum absolute atomic E-state index is 13.6. The molecule has 0 aliphatic heterocycles. The SMILES string of the molecule is O=C(NCc1c(F)cccc1F)c1ccc(=O)n(Cc2ccccc2)n1. The summed E-state index contributed by atoms with van der Waals surface area (Å²) >= 11 is 0. The Hall–Kier alpha value is -3.35. The summed E-state index contributed by atoms with van der Waals surface area (Å²) in [4.78, 5) is 24.2. The van der Waals surface area contributed by atoms with E-state index in [0.29, 0.717) is 0 Å². The summed E-state index contributed by atoms with van der Waals surface area (Å²) in [6.07, 6.45) is 0. The molecule has 0 saturated carbocycles. The van der Waals surface area contributed by atoms with Crippen LogP contribution in [0.1, 0.15) is 21.6 Å². The predicted octanol–water partition coefficient (Wildman–Crippen LogP) is 2.50. The summed E-state index contributed by atoms with van der Waals surface area (Å²) in [7, 11) is 0. The molecule has 0 atom stereocenters. The normalized spacial score (nSPS) is 10.5. The van der Waals surface area contributed by atoms with Crippen molar-refractivity contribution < 1.29 is 13.6 Å². The van der Waals surface area contributed by atoms with Crippen molar-refractivity contribution in [3.8, 4) is 0 Å². The highest BCUT2D eigenvalue weighted by molar-refractivity contribution is 5.91. The van der Waals surface area contributed by atoms with Gasteiger partial charge in [-0.2, -0.15) is 5.10 Å². The molecule has 0 saturated heterocycles. The number of benzene rings is 2. The van der Waals surface area contributed by atoms with Gasteiger partial charge in [0.25, 0.3) is 11.5 Å². The van der Waals surface area contributed by atoms with Gasteiger partial charge in [-0.05, 0) is 23.8 Å². The van der Waals surface area contributed by atoms with Crippen LogP contribution in [0.5, 0.6) is 0 Å². The van der Waals surface area contributed by atoms with Gasteiger partial charge < -0.3 is 5.32 Å². The van der Waals surface area contributed by atoms with E-state index in [1.807, 2.05) is 30.3 Å². The number of rotatable bonds is 5. The van der Waals surface area contributed by atoms with Crippen LogP contribution in [0, 0.1) is 11.6 Å². The number of carbonyl (C=O) groups is 1. The summed E-state index contributed by atoms with van der Waals surface area (Å²) in [6, 6.07) is 15.2. The second-order valence-corrected chi connectivity index (χ2v) is 5.58. The maximum atomic E-state index is 13.6. The van der Waals surface area contributed by atoms with Crippen LogP contribution in [0.4, 0.5) is 8.78 Å². The van der Waals surface area contributed by atoms with Crippen LogP contribution in [0.25, 0.3) is 0 Å². The van der Waals surface area contributed by atoms with Crippen LogP contribution in [0.2, 0.25) is 0 Å². The Morgan fingerprint density at radius 3 is 2.35 bits per heavy atom. The lowest BCUT2D eigenvalue weighted by Crippen LogP contribution is -2.30. The first-order chi connectivity index (χ1) is 12.5. The minimum atomic E-state index is -0.743. The smallest absolute Gasteiger partial charge is 0.271 e. The zero-order valence-corrected chi connectivity index (χ0v) is 13.7. The second-order valence-electron chi connectivity index (χ2n) is 5.58. The first-order valence-electron chi connectivity index (χ1n) is 7.88. The summed E-state index contributed by atoms with van der Waals surface area (Å²) in [5, 5.41) is 6.44. The number of nitrogens with zero attached hydrogens (tertiary/aromatic N) is 2. The van der Waals surface area contributed by atoms with E-state index in [9.17, 15) is 18.4 Å². The molecular formula is C19H15F2N3O2. The Kier molecular flexibility index (Phi) is 5.17. The number of carbonyl (C=O) groups excluding carboxylic acids is 1. The number of amides is 1. The third-order valence-corrected chi connectivity index (χ3v) is 3.76. The van der Waals surface area contributed by atoms with Gasteiger partial charge in [0.05, 0.1) is 6.54 Å². The van der Waals surface area contributed by atoms with Crippen molar-refractivity contribution in [3.63, 3.8) is 0 Å². The highest BCUT2D eigenvalue weighted by atomic mass is 19.1. The molecule has 1 aromatic heterocycles. The lowest BCUT2D eigenvalue weighted by atomic mass is 10.2. The number of aromatic nitrogens is 2. The zero-order valence-electron chi connectivity index (χ0n) is 13.7. The second kappa shape index (κ2) is 7.69. The van der Waals surface area contributed by atoms with E-state index in [-0.39, 0.29) is 29.9 Å². The molecule has 0 radical (unpaired) electrons. The van der Waals surface area contributed by atoms with Gasteiger partial charge >= 0.3 is 0 Å². The van der Waals surface area contributed by atoms with Crippen molar-refractivity contribution in [1.82, 2.24) is 15.1 Å². The van der Waals surface area contributed by atoms with Gasteiger partial charge in [-0.3, -0.25) is 9.59 Å². The summed E-state index contributed by atoms with van der Waals surface area (Å²) in [5.74, 6) is -2.12. The van der Waals surface area contributed by atoms with Crippen LogP contribution in [0.15, 0.2) is 65.5 Å². The molecule has 0 spiro atoms. The Bertz CT molecular complexity index is 967. The molecule has 0 unspecified atom stereocenters. The molecule has 132 valence electrons. The first kappa shape index (κ1) is 17.5. The van der Waals surface area contributed by atoms with Gasteiger partial charge in [0.1, 0.15) is 17.3 Å². The van der Waals surface area contributed by atoms with E-state index >= 15 is 0 Å². The largest absolute Gasteiger partial charge is 0.346 e. The summed E-state index contributed by atoms with van der Waals surface area (Å²) in [5.41, 5.74) is 0.245.